The lowest BCUT2D eigenvalue weighted by atomic mass is 9.81. The number of rotatable bonds is 4. The average molecular weight is 234 g/mol. The summed E-state index contributed by atoms with van der Waals surface area (Å²) in [6.45, 7) is 9.39. The van der Waals surface area contributed by atoms with Crippen molar-refractivity contribution in [2.45, 2.75) is 27.7 Å². The van der Waals surface area contributed by atoms with E-state index < -0.39 is 0 Å². The zero-order valence-corrected chi connectivity index (χ0v) is 10.8. The molecule has 0 spiro atoms. The van der Waals surface area contributed by atoms with Crippen LogP contribution in [0.4, 0.5) is 10.1 Å². The van der Waals surface area contributed by atoms with Crippen molar-refractivity contribution in [3.8, 4) is 6.07 Å². The Balaban J connectivity index is 2.77. The summed E-state index contributed by atoms with van der Waals surface area (Å²) in [7, 11) is 0. The first-order valence-corrected chi connectivity index (χ1v) is 5.80. The molecule has 1 aromatic rings. The Morgan fingerprint density at radius 1 is 1.35 bits per heavy atom. The maximum Gasteiger partial charge on any atom is 0.126 e. The minimum Gasteiger partial charge on any atom is -0.384 e. The predicted molar refractivity (Wildman–Crippen MR) is 68.2 cm³/mol. The van der Waals surface area contributed by atoms with Gasteiger partial charge in [0.1, 0.15) is 5.82 Å². The molecule has 0 aliphatic carbocycles. The molecule has 0 aromatic heterocycles. The van der Waals surface area contributed by atoms with Gasteiger partial charge in [-0.05, 0) is 29.5 Å². The van der Waals surface area contributed by atoms with Crippen molar-refractivity contribution < 1.29 is 4.39 Å². The second-order valence-electron chi connectivity index (χ2n) is 5.34. The maximum atomic E-state index is 13.2. The highest BCUT2D eigenvalue weighted by Gasteiger charge is 2.21. The van der Waals surface area contributed by atoms with Crippen molar-refractivity contribution in [3.05, 3.63) is 29.6 Å². The lowest BCUT2D eigenvalue weighted by molar-refractivity contribution is 0.269. The monoisotopic (exact) mass is 234 g/mol. The van der Waals surface area contributed by atoms with Crippen molar-refractivity contribution in [2.24, 2.45) is 11.3 Å². The molecule has 0 heterocycles. The minimum atomic E-state index is -0.381. The summed E-state index contributed by atoms with van der Waals surface area (Å²) in [6.07, 6.45) is 0. The highest BCUT2D eigenvalue weighted by molar-refractivity contribution is 5.49. The first-order chi connectivity index (χ1) is 7.85. The van der Waals surface area contributed by atoms with Crippen molar-refractivity contribution >= 4 is 5.69 Å². The zero-order valence-electron chi connectivity index (χ0n) is 10.8. The quantitative estimate of drug-likeness (QED) is 0.860. The Hall–Kier alpha value is -1.56. The molecule has 2 nitrogen and oxygen atoms in total. The molecule has 0 amide bonds. The molecular weight excluding hydrogens is 215 g/mol. The summed E-state index contributed by atoms with van der Waals surface area (Å²) in [6, 6.07) is 6.26. The SMILES string of the molecule is CC(C)C(C)(C)CNc1cc(F)cc(C#N)c1. The first kappa shape index (κ1) is 13.5. The molecule has 0 atom stereocenters. The highest BCUT2D eigenvalue weighted by atomic mass is 19.1. The van der Waals surface area contributed by atoms with E-state index in [9.17, 15) is 4.39 Å². The number of nitrogens with zero attached hydrogens (tertiary/aromatic N) is 1. The molecule has 1 rings (SSSR count). The fourth-order valence-electron chi connectivity index (χ4n) is 1.29. The van der Waals surface area contributed by atoms with E-state index in [-0.39, 0.29) is 11.2 Å². The number of nitriles is 1. The molecule has 0 bridgehead atoms. The van der Waals surface area contributed by atoms with Gasteiger partial charge in [0.25, 0.3) is 0 Å². The summed E-state index contributed by atoms with van der Waals surface area (Å²) >= 11 is 0. The summed E-state index contributed by atoms with van der Waals surface area (Å²) in [5.74, 6) is 0.146. The molecular formula is C14H19FN2. The number of hydrogen-bond donors (Lipinski definition) is 1. The number of nitrogens with one attached hydrogen (secondary N) is 1. The van der Waals surface area contributed by atoms with Gasteiger partial charge >= 0.3 is 0 Å². The Bertz CT molecular complexity index is 430. The molecule has 17 heavy (non-hydrogen) atoms. The maximum absolute atomic E-state index is 13.2. The topological polar surface area (TPSA) is 35.8 Å². The van der Waals surface area contributed by atoms with E-state index in [1.807, 2.05) is 6.07 Å². The first-order valence-electron chi connectivity index (χ1n) is 5.80. The van der Waals surface area contributed by atoms with Crippen LogP contribution in [-0.4, -0.2) is 6.54 Å². The van der Waals surface area contributed by atoms with E-state index in [1.54, 1.807) is 6.07 Å². The Kier molecular flexibility index (Phi) is 4.11. The summed E-state index contributed by atoms with van der Waals surface area (Å²) in [5.41, 5.74) is 1.13. The standard InChI is InChI=1S/C14H19FN2/c1-10(2)14(3,4)9-17-13-6-11(8-16)5-12(15)7-13/h5-7,10,17H,9H2,1-4H3. The third-order valence-electron chi connectivity index (χ3n) is 3.34. The van der Waals surface area contributed by atoms with Crippen LogP contribution in [0.2, 0.25) is 0 Å². The van der Waals surface area contributed by atoms with Gasteiger partial charge in [-0.2, -0.15) is 5.26 Å². The molecule has 0 saturated carbocycles. The van der Waals surface area contributed by atoms with Crippen LogP contribution in [0.3, 0.4) is 0 Å². The molecule has 0 saturated heterocycles. The van der Waals surface area contributed by atoms with Gasteiger partial charge in [0.2, 0.25) is 0 Å². The van der Waals surface area contributed by atoms with Crippen LogP contribution < -0.4 is 5.32 Å². The van der Waals surface area contributed by atoms with Crippen LogP contribution in [0.5, 0.6) is 0 Å². The number of hydrogen-bond acceptors (Lipinski definition) is 2. The normalized spacial score (nSPS) is 11.4. The van der Waals surface area contributed by atoms with Gasteiger partial charge in [0, 0.05) is 12.2 Å². The second kappa shape index (κ2) is 5.18. The molecule has 0 fully saturated rings. The third kappa shape index (κ3) is 3.74. The fourth-order valence-corrected chi connectivity index (χ4v) is 1.29. The largest absolute Gasteiger partial charge is 0.384 e. The predicted octanol–water partition coefficient (Wildman–Crippen LogP) is 3.79. The molecule has 92 valence electrons. The van der Waals surface area contributed by atoms with Gasteiger partial charge < -0.3 is 5.32 Å². The van der Waals surface area contributed by atoms with E-state index in [0.29, 0.717) is 17.2 Å². The van der Waals surface area contributed by atoms with Crippen molar-refractivity contribution in [3.63, 3.8) is 0 Å². The number of halogens is 1. The molecule has 1 aromatic carbocycles. The van der Waals surface area contributed by atoms with E-state index in [2.05, 4.69) is 33.0 Å². The molecule has 0 aliphatic heterocycles. The number of benzene rings is 1. The third-order valence-corrected chi connectivity index (χ3v) is 3.34. The smallest absolute Gasteiger partial charge is 0.126 e. The molecule has 0 unspecified atom stereocenters. The summed E-state index contributed by atoms with van der Waals surface area (Å²) in [5, 5.41) is 11.9. The summed E-state index contributed by atoms with van der Waals surface area (Å²) in [4.78, 5) is 0. The lowest BCUT2D eigenvalue weighted by Gasteiger charge is -2.29. The van der Waals surface area contributed by atoms with Crippen LogP contribution in [0, 0.1) is 28.5 Å². The number of anilines is 1. The minimum absolute atomic E-state index is 0.124. The van der Waals surface area contributed by atoms with E-state index in [0.717, 1.165) is 6.54 Å². The van der Waals surface area contributed by atoms with Gasteiger partial charge in [-0.15, -0.1) is 0 Å². The molecule has 3 heteroatoms. The van der Waals surface area contributed by atoms with E-state index >= 15 is 0 Å². The van der Waals surface area contributed by atoms with Crippen molar-refractivity contribution in [2.75, 3.05) is 11.9 Å². The van der Waals surface area contributed by atoms with Gasteiger partial charge in [-0.25, -0.2) is 4.39 Å². The lowest BCUT2D eigenvalue weighted by Crippen LogP contribution is -2.28. The van der Waals surface area contributed by atoms with Gasteiger partial charge in [-0.1, -0.05) is 27.7 Å². The Labute approximate surface area is 102 Å². The van der Waals surface area contributed by atoms with Gasteiger partial charge in [0.05, 0.1) is 11.6 Å². The van der Waals surface area contributed by atoms with Crippen LogP contribution in [0.15, 0.2) is 18.2 Å². The zero-order chi connectivity index (χ0) is 13.1. The highest BCUT2D eigenvalue weighted by Crippen LogP contribution is 2.26. The van der Waals surface area contributed by atoms with Crippen molar-refractivity contribution in [1.82, 2.24) is 0 Å². The fraction of sp³-hybridized carbons (Fsp3) is 0.500. The van der Waals surface area contributed by atoms with Gasteiger partial charge in [0.15, 0.2) is 0 Å². The molecule has 1 N–H and O–H groups in total. The van der Waals surface area contributed by atoms with E-state index in [4.69, 9.17) is 5.26 Å². The van der Waals surface area contributed by atoms with Crippen LogP contribution >= 0.6 is 0 Å². The van der Waals surface area contributed by atoms with Gasteiger partial charge in [-0.3, -0.25) is 0 Å². The Morgan fingerprint density at radius 2 is 2.00 bits per heavy atom. The van der Waals surface area contributed by atoms with Crippen LogP contribution in [0.1, 0.15) is 33.3 Å². The molecule has 0 aliphatic rings. The van der Waals surface area contributed by atoms with Crippen LogP contribution in [-0.2, 0) is 0 Å². The van der Waals surface area contributed by atoms with E-state index in [1.165, 1.54) is 12.1 Å². The second-order valence-corrected chi connectivity index (χ2v) is 5.34. The molecule has 0 radical (unpaired) electrons. The van der Waals surface area contributed by atoms with Crippen molar-refractivity contribution in [1.29, 1.82) is 5.26 Å². The Morgan fingerprint density at radius 3 is 2.53 bits per heavy atom. The average Bonchev–Trinajstić information content (AvgIpc) is 2.25. The van der Waals surface area contributed by atoms with Crippen LogP contribution in [0.25, 0.3) is 0 Å². The summed E-state index contributed by atoms with van der Waals surface area (Å²) < 4.78 is 13.2.